The number of phenolic OH excluding ortho intramolecular Hbond substituents is 1. The lowest BCUT2D eigenvalue weighted by molar-refractivity contribution is 0.122. The summed E-state index contributed by atoms with van der Waals surface area (Å²) in [5.74, 6) is 0.101. The molecule has 0 bridgehead atoms. The molecule has 0 aliphatic carbocycles. The number of hydrazone groups is 1. The van der Waals surface area contributed by atoms with Crippen LogP contribution in [0.3, 0.4) is 0 Å². The predicted octanol–water partition coefficient (Wildman–Crippen LogP) is 5.37. The van der Waals surface area contributed by atoms with E-state index in [-0.39, 0.29) is 17.5 Å². The predicted molar refractivity (Wildman–Crippen MR) is 147 cm³/mol. The van der Waals surface area contributed by atoms with E-state index in [1.807, 2.05) is 48.2 Å². The van der Waals surface area contributed by atoms with Gasteiger partial charge in [0.25, 0.3) is 0 Å². The lowest BCUT2D eigenvalue weighted by Gasteiger charge is -2.27. The first-order valence-electron chi connectivity index (χ1n) is 11.9. The molecule has 9 nitrogen and oxygen atoms in total. The van der Waals surface area contributed by atoms with Crippen LogP contribution in [0.4, 0.5) is 27.5 Å². The number of pyridine rings is 1. The van der Waals surface area contributed by atoms with Crippen molar-refractivity contribution < 1.29 is 14.2 Å². The number of phenols is 1. The van der Waals surface area contributed by atoms with Crippen molar-refractivity contribution in [2.24, 2.45) is 5.10 Å². The second-order valence-corrected chi connectivity index (χ2v) is 9.04. The van der Waals surface area contributed by atoms with Gasteiger partial charge in [0, 0.05) is 23.8 Å². The first-order valence-corrected chi connectivity index (χ1v) is 12.3. The van der Waals surface area contributed by atoms with Gasteiger partial charge in [0.2, 0.25) is 5.95 Å². The molecule has 1 saturated heterocycles. The molecular weight excluding hydrogens is 509 g/mol. The van der Waals surface area contributed by atoms with E-state index in [4.69, 9.17) is 16.3 Å². The van der Waals surface area contributed by atoms with Crippen LogP contribution < -0.4 is 15.6 Å². The third-order valence-electron chi connectivity index (χ3n) is 5.86. The highest BCUT2D eigenvalue weighted by molar-refractivity contribution is 6.31. The Bertz CT molecular complexity index is 1480. The zero-order valence-corrected chi connectivity index (χ0v) is 21.3. The molecule has 0 spiro atoms. The van der Waals surface area contributed by atoms with Crippen LogP contribution in [0.25, 0.3) is 11.1 Å². The number of hydrogen-bond acceptors (Lipinski definition) is 9. The van der Waals surface area contributed by atoms with Gasteiger partial charge in [-0.05, 0) is 60.5 Å². The maximum absolute atomic E-state index is 14.2. The minimum Gasteiger partial charge on any atom is -0.508 e. The minimum atomic E-state index is -0.490. The topological polar surface area (TPSA) is 108 Å². The third-order valence-corrected chi connectivity index (χ3v) is 6.08. The molecular formula is C27H25ClFN7O2. The largest absolute Gasteiger partial charge is 0.508 e. The monoisotopic (exact) mass is 533 g/mol. The number of aromatic nitrogens is 3. The van der Waals surface area contributed by atoms with Gasteiger partial charge in [-0.1, -0.05) is 23.7 Å². The summed E-state index contributed by atoms with van der Waals surface area (Å²) in [6.07, 6.45) is 2.66. The molecule has 0 amide bonds. The summed E-state index contributed by atoms with van der Waals surface area (Å²) in [5.41, 5.74) is 7.42. The highest BCUT2D eigenvalue weighted by atomic mass is 35.5. The molecule has 0 unspecified atom stereocenters. The second kappa shape index (κ2) is 11.4. The number of nitrogens with one attached hydrogen (secondary N) is 2. The van der Waals surface area contributed by atoms with Crippen LogP contribution in [0.1, 0.15) is 11.4 Å². The van der Waals surface area contributed by atoms with Crippen LogP contribution >= 0.6 is 11.6 Å². The van der Waals surface area contributed by atoms with E-state index in [2.05, 4.69) is 30.8 Å². The van der Waals surface area contributed by atoms with Crippen molar-refractivity contribution in [2.45, 2.75) is 6.92 Å². The summed E-state index contributed by atoms with van der Waals surface area (Å²) in [6.45, 7) is 4.05. The van der Waals surface area contributed by atoms with Crippen LogP contribution in [0.5, 0.6) is 5.75 Å². The molecule has 0 atom stereocenters. The molecule has 1 fully saturated rings. The number of hydrogen-bond donors (Lipinski definition) is 3. The molecule has 2 aromatic heterocycles. The van der Waals surface area contributed by atoms with Crippen molar-refractivity contribution in [2.75, 3.05) is 41.9 Å². The van der Waals surface area contributed by atoms with Gasteiger partial charge in [-0.2, -0.15) is 10.1 Å². The Morgan fingerprint density at radius 3 is 2.71 bits per heavy atom. The van der Waals surface area contributed by atoms with Crippen molar-refractivity contribution in [1.82, 2.24) is 15.0 Å². The molecule has 1 aliphatic rings. The quantitative estimate of drug-likeness (QED) is 0.215. The van der Waals surface area contributed by atoms with Crippen molar-refractivity contribution in [3.63, 3.8) is 0 Å². The van der Waals surface area contributed by atoms with E-state index in [1.165, 1.54) is 6.21 Å². The molecule has 2 aromatic carbocycles. The molecule has 3 heterocycles. The van der Waals surface area contributed by atoms with E-state index in [0.29, 0.717) is 37.0 Å². The molecule has 11 heteroatoms. The summed E-state index contributed by atoms with van der Waals surface area (Å²) >= 11 is 6.36. The Kier molecular flexibility index (Phi) is 7.62. The molecule has 0 radical (unpaired) electrons. The molecule has 38 heavy (non-hydrogen) atoms. The fraction of sp³-hybridized carbons (Fsp3) is 0.185. The SMILES string of the molecule is Cc1nc(/C=N/Nc2ncc(F)c(N3CCOCC3)n2)ccc1Nc1cc(Cl)cc(-c2cccc(O)c2)c1. The first-order chi connectivity index (χ1) is 18.4. The average molecular weight is 534 g/mol. The van der Waals surface area contributed by atoms with Crippen molar-refractivity contribution >= 4 is 41.0 Å². The minimum absolute atomic E-state index is 0.183. The number of anilines is 4. The molecule has 194 valence electrons. The lowest BCUT2D eigenvalue weighted by Crippen LogP contribution is -2.37. The Hall–Kier alpha value is -4.28. The van der Waals surface area contributed by atoms with E-state index >= 15 is 0 Å². The maximum Gasteiger partial charge on any atom is 0.245 e. The number of nitrogens with zero attached hydrogens (tertiary/aromatic N) is 5. The van der Waals surface area contributed by atoms with E-state index < -0.39 is 5.82 Å². The molecule has 1 aliphatic heterocycles. The fourth-order valence-corrected chi connectivity index (χ4v) is 4.25. The van der Waals surface area contributed by atoms with E-state index in [1.54, 1.807) is 18.2 Å². The summed E-state index contributed by atoms with van der Waals surface area (Å²) in [4.78, 5) is 14.6. The third kappa shape index (κ3) is 6.16. The van der Waals surface area contributed by atoms with Crippen LogP contribution in [-0.4, -0.2) is 52.6 Å². The Morgan fingerprint density at radius 1 is 1.08 bits per heavy atom. The molecule has 0 saturated carbocycles. The number of aryl methyl sites for hydroxylation is 1. The Balaban J connectivity index is 1.27. The Labute approximate surface area is 224 Å². The van der Waals surface area contributed by atoms with Crippen LogP contribution in [0.15, 0.2) is 65.9 Å². The lowest BCUT2D eigenvalue weighted by atomic mass is 10.0. The zero-order valence-electron chi connectivity index (χ0n) is 20.5. The van der Waals surface area contributed by atoms with Crippen LogP contribution in [-0.2, 0) is 4.74 Å². The number of aromatic hydroxyl groups is 1. The standard InChI is InChI=1S/C27H25ClFN7O2/c1-17-25(33-22-12-19(11-20(28)14-22)18-3-2-4-23(37)13-18)6-5-21(32-17)15-31-35-27-30-16-24(29)26(34-27)36-7-9-38-10-8-36/h2-6,11-16,33,37H,7-10H2,1H3,(H,30,34,35)/b31-15+. The van der Waals surface area contributed by atoms with Gasteiger partial charge >= 0.3 is 0 Å². The zero-order chi connectivity index (χ0) is 26.5. The summed E-state index contributed by atoms with van der Waals surface area (Å²) < 4.78 is 19.5. The fourth-order valence-electron chi connectivity index (χ4n) is 4.02. The second-order valence-electron chi connectivity index (χ2n) is 8.61. The van der Waals surface area contributed by atoms with Gasteiger partial charge in [-0.3, -0.25) is 0 Å². The van der Waals surface area contributed by atoms with Gasteiger partial charge in [0.05, 0.1) is 42.7 Å². The summed E-state index contributed by atoms with van der Waals surface area (Å²) in [6, 6.07) is 16.3. The van der Waals surface area contributed by atoms with Crippen molar-refractivity contribution in [1.29, 1.82) is 0 Å². The van der Waals surface area contributed by atoms with E-state index in [0.717, 1.165) is 34.4 Å². The first kappa shape index (κ1) is 25.4. The number of ether oxygens (including phenoxy) is 1. The number of halogens is 2. The normalized spacial score (nSPS) is 13.6. The number of rotatable bonds is 7. The van der Waals surface area contributed by atoms with Crippen LogP contribution in [0, 0.1) is 12.7 Å². The van der Waals surface area contributed by atoms with Gasteiger partial charge in [-0.25, -0.2) is 19.8 Å². The highest BCUT2D eigenvalue weighted by Crippen LogP contribution is 2.31. The van der Waals surface area contributed by atoms with Gasteiger partial charge in [-0.15, -0.1) is 0 Å². The van der Waals surface area contributed by atoms with Gasteiger partial charge in [0.1, 0.15) is 5.75 Å². The van der Waals surface area contributed by atoms with Crippen molar-refractivity contribution in [3.05, 3.63) is 83.0 Å². The van der Waals surface area contributed by atoms with Crippen molar-refractivity contribution in [3.8, 4) is 16.9 Å². The van der Waals surface area contributed by atoms with Crippen LogP contribution in [0.2, 0.25) is 5.02 Å². The molecule has 3 N–H and O–H groups in total. The molecule has 4 aromatic rings. The smallest absolute Gasteiger partial charge is 0.245 e. The van der Waals surface area contributed by atoms with E-state index in [9.17, 15) is 9.50 Å². The molecule has 5 rings (SSSR count). The highest BCUT2D eigenvalue weighted by Gasteiger charge is 2.17. The summed E-state index contributed by atoms with van der Waals surface area (Å²) in [5, 5.41) is 17.9. The average Bonchev–Trinajstić information content (AvgIpc) is 2.91. The maximum atomic E-state index is 14.2. The van der Waals surface area contributed by atoms with Gasteiger partial charge in [0.15, 0.2) is 11.6 Å². The van der Waals surface area contributed by atoms with Gasteiger partial charge < -0.3 is 20.1 Å². The Morgan fingerprint density at radius 2 is 1.92 bits per heavy atom. The number of morpholine rings is 1. The summed E-state index contributed by atoms with van der Waals surface area (Å²) in [7, 11) is 0. The number of benzene rings is 2.